The largest absolute Gasteiger partial charge is 0.315 e. The van der Waals surface area contributed by atoms with Gasteiger partial charge in [-0.2, -0.15) is 0 Å². The van der Waals surface area contributed by atoms with E-state index in [1.165, 1.54) is 0 Å². The van der Waals surface area contributed by atoms with Crippen molar-refractivity contribution in [2.75, 3.05) is 14.1 Å². The molecule has 4 nitrogen and oxygen atoms in total. The van der Waals surface area contributed by atoms with Gasteiger partial charge in [-0.25, -0.2) is 0 Å². The van der Waals surface area contributed by atoms with E-state index >= 15 is 0 Å². The molecule has 0 N–H and O–H groups in total. The average molecular weight is 242 g/mol. The van der Waals surface area contributed by atoms with Gasteiger partial charge in [-0.1, -0.05) is 0 Å². The summed E-state index contributed by atoms with van der Waals surface area (Å²) in [6.45, 7) is 3.80. The molecule has 0 bridgehead atoms. The van der Waals surface area contributed by atoms with Crippen LogP contribution in [0.1, 0.15) is 34.6 Å². The minimum atomic E-state index is 0.0000945. The van der Waals surface area contributed by atoms with Crippen molar-refractivity contribution in [2.24, 2.45) is 0 Å². The van der Waals surface area contributed by atoms with Crippen molar-refractivity contribution in [1.82, 2.24) is 9.80 Å². The van der Waals surface area contributed by atoms with Crippen LogP contribution in [0.4, 0.5) is 0 Å². The summed E-state index contributed by atoms with van der Waals surface area (Å²) in [5.74, 6) is 0.000189. The van der Waals surface area contributed by atoms with Gasteiger partial charge in [-0.3, -0.25) is 9.59 Å². The lowest BCUT2D eigenvalue weighted by molar-refractivity contribution is 0.0860. The number of hydrogen-bond acceptors (Lipinski definition) is 2. The fourth-order valence-corrected chi connectivity index (χ4v) is 2.58. The Balaban J connectivity index is 2.44. The van der Waals surface area contributed by atoms with Gasteiger partial charge in [0.05, 0.1) is 0 Å². The van der Waals surface area contributed by atoms with Crippen molar-refractivity contribution in [3.8, 4) is 0 Å². The van der Waals surface area contributed by atoms with Crippen LogP contribution >= 0.6 is 0 Å². The van der Waals surface area contributed by atoms with Crippen LogP contribution in [0.5, 0.6) is 0 Å². The number of hydrogen-bond donors (Lipinski definition) is 0. The minimum absolute atomic E-state index is 0.0000945. The third kappa shape index (κ3) is 1.10. The smallest absolute Gasteiger partial charge is 0.258 e. The van der Waals surface area contributed by atoms with E-state index in [4.69, 9.17) is 0 Å². The van der Waals surface area contributed by atoms with Gasteiger partial charge in [0.15, 0.2) is 0 Å². The summed E-state index contributed by atoms with van der Waals surface area (Å²) < 4.78 is 0. The molecule has 0 aliphatic carbocycles. The fraction of sp³-hybridized carbons (Fsp3) is 0.286. The number of fused-ring (bicyclic) bond motifs is 2. The zero-order valence-electron chi connectivity index (χ0n) is 10.9. The molecule has 1 aromatic rings. The maximum Gasteiger partial charge on any atom is 0.258 e. The van der Waals surface area contributed by atoms with Gasteiger partial charge in [-0.05, 0) is 26.0 Å². The first-order valence-corrected chi connectivity index (χ1v) is 5.85. The zero-order chi connectivity index (χ0) is 13.2. The van der Waals surface area contributed by atoms with Crippen LogP contribution in [-0.4, -0.2) is 35.7 Å². The molecule has 0 unspecified atom stereocenters. The summed E-state index contributed by atoms with van der Waals surface area (Å²) in [7, 11) is 3.51. The number of carbonyl (C=O) groups is 2. The Morgan fingerprint density at radius 3 is 1.44 bits per heavy atom. The average Bonchev–Trinajstić information content (AvgIpc) is 2.71. The van der Waals surface area contributed by atoms with E-state index in [9.17, 15) is 9.59 Å². The molecule has 18 heavy (non-hydrogen) atoms. The molecular formula is C14H14N2O2. The maximum atomic E-state index is 12.1. The van der Waals surface area contributed by atoms with E-state index in [2.05, 4.69) is 0 Å². The zero-order valence-corrected chi connectivity index (χ0v) is 10.9. The number of rotatable bonds is 0. The molecule has 1 aromatic carbocycles. The predicted molar refractivity (Wildman–Crippen MR) is 68.0 cm³/mol. The normalized spacial score (nSPS) is 17.8. The topological polar surface area (TPSA) is 40.6 Å². The van der Waals surface area contributed by atoms with E-state index in [-0.39, 0.29) is 11.8 Å². The number of benzene rings is 1. The molecule has 2 amide bonds. The molecule has 92 valence electrons. The summed E-state index contributed by atoms with van der Waals surface area (Å²) in [6.07, 6.45) is 0. The third-order valence-corrected chi connectivity index (χ3v) is 4.01. The monoisotopic (exact) mass is 242 g/mol. The van der Waals surface area contributed by atoms with Gasteiger partial charge in [0.1, 0.15) is 0 Å². The minimum Gasteiger partial charge on any atom is -0.315 e. The van der Waals surface area contributed by atoms with E-state index in [1.54, 1.807) is 23.9 Å². The quantitative estimate of drug-likeness (QED) is 0.648. The van der Waals surface area contributed by atoms with Crippen molar-refractivity contribution in [3.05, 3.63) is 33.7 Å². The van der Waals surface area contributed by atoms with E-state index in [1.807, 2.05) is 26.0 Å². The highest BCUT2D eigenvalue weighted by atomic mass is 16.2. The standard InChI is InChI=1S/C14H14N2O2/c1-7-9-5-12-10(8(2)16(4)14(12)18)6-11(9)13(17)15(7)3/h5-6H,1-4H3. The second-order valence-electron chi connectivity index (χ2n) is 4.84. The number of amides is 2. The Hall–Kier alpha value is -2.10. The van der Waals surface area contributed by atoms with E-state index in [0.717, 1.165) is 21.8 Å². The summed E-state index contributed by atoms with van der Waals surface area (Å²) in [6, 6.07) is 3.69. The Kier molecular flexibility index (Phi) is 1.97. The molecule has 0 atom stereocenters. The van der Waals surface area contributed by atoms with Crippen molar-refractivity contribution >= 4 is 23.2 Å². The first-order valence-electron chi connectivity index (χ1n) is 5.85. The predicted octanol–water partition coefficient (Wildman–Crippen LogP) is 0.114. The van der Waals surface area contributed by atoms with Gasteiger partial charge in [0, 0.05) is 47.1 Å². The molecule has 0 saturated carbocycles. The van der Waals surface area contributed by atoms with Gasteiger partial charge in [-0.15, -0.1) is 0 Å². The Bertz CT molecular complexity index is 667. The molecule has 0 spiro atoms. The third-order valence-electron chi connectivity index (χ3n) is 4.01. The number of nitrogens with zero attached hydrogens (tertiary/aromatic N) is 2. The van der Waals surface area contributed by atoms with Crippen LogP contribution in [0.3, 0.4) is 0 Å². The van der Waals surface area contributed by atoms with Gasteiger partial charge >= 0.3 is 0 Å². The molecule has 0 fully saturated rings. The summed E-state index contributed by atoms with van der Waals surface area (Å²) >= 11 is 0. The van der Waals surface area contributed by atoms with Gasteiger partial charge in [0.25, 0.3) is 11.8 Å². The van der Waals surface area contributed by atoms with Crippen LogP contribution in [0.2, 0.25) is 0 Å². The molecule has 3 rings (SSSR count). The molecule has 0 radical (unpaired) electrons. The Morgan fingerprint density at radius 1 is 0.778 bits per heavy atom. The van der Waals surface area contributed by atoms with Crippen LogP contribution in [-0.2, 0) is 0 Å². The van der Waals surface area contributed by atoms with E-state index < -0.39 is 0 Å². The van der Waals surface area contributed by atoms with E-state index in [0.29, 0.717) is 11.1 Å². The van der Waals surface area contributed by atoms with Crippen molar-refractivity contribution in [1.29, 1.82) is 0 Å². The van der Waals surface area contributed by atoms with Crippen LogP contribution < -0.4 is 10.4 Å². The lowest BCUT2D eigenvalue weighted by atomic mass is 10.1. The number of carbonyl (C=O) groups excluding carboxylic acids is 2. The molecular weight excluding hydrogens is 228 g/mol. The second-order valence-corrected chi connectivity index (χ2v) is 4.84. The van der Waals surface area contributed by atoms with Crippen LogP contribution in [0.15, 0.2) is 12.1 Å². The maximum absolute atomic E-state index is 12.1. The molecule has 2 heterocycles. The molecule has 0 saturated heterocycles. The summed E-state index contributed by atoms with van der Waals surface area (Å²) in [4.78, 5) is 27.4. The van der Waals surface area contributed by atoms with Crippen molar-refractivity contribution in [3.63, 3.8) is 0 Å². The molecule has 4 heteroatoms. The summed E-state index contributed by atoms with van der Waals surface area (Å²) in [5.41, 5.74) is 3.18. The Morgan fingerprint density at radius 2 is 1.11 bits per heavy atom. The highest BCUT2D eigenvalue weighted by Gasteiger charge is 2.29. The highest BCUT2D eigenvalue weighted by molar-refractivity contribution is 6.06. The fourth-order valence-electron chi connectivity index (χ4n) is 2.58. The molecule has 2 aliphatic heterocycles. The molecule has 0 aromatic heterocycles. The molecule has 2 aliphatic rings. The summed E-state index contributed by atoms with van der Waals surface area (Å²) in [5, 5.41) is 1.75. The Labute approximate surface area is 105 Å². The second kappa shape index (κ2) is 3.22. The van der Waals surface area contributed by atoms with Crippen molar-refractivity contribution < 1.29 is 9.59 Å². The van der Waals surface area contributed by atoms with Gasteiger partial charge < -0.3 is 9.80 Å². The first-order chi connectivity index (χ1) is 8.43. The lowest BCUT2D eigenvalue weighted by Gasteiger charge is -2.10. The SMILES string of the molecule is CC1=c2cc3c(cc2C(=O)N1C)=C(C)N(C)C3=O. The van der Waals surface area contributed by atoms with Gasteiger partial charge in [0.2, 0.25) is 0 Å². The van der Waals surface area contributed by atoms with Crippen LogP contribution in [0.25, 0.3) is 11.4 Å². The first kappa shape index (κ1) is 11.0. The highest BCUT2D eigenvalue weighted by Crippen LogP contribution is 2.17. The lowest BCUT2D eigenvalue weighted by Crippen LogP contribution is -2.21. The van der Waals surface area contributed by atoms with Crippen LogP contribution in [0, 0.1) is 0 Å². The van der Waals surface area contributed by atoms with Crippen molar-refractivity contribution in [2.45, 2.75) is 13.8 Å².